The van der Waals surface area contributed by atoms with Gasteiger partial charge in [-0.15, -0.1) is 0 Å². The average molecular weight is 194 g/mol. The van der Waals surface area contributed by atoms with Crippen LogP contribution < -0.4 is 10.5 Å². The second-order valence-electron chi connectivity index (χ2n) is 3.69. The number of likely N-dealkylation sites (N-methyl/N-ethyl adjacent to an activating group) is 1. The monoisotopic (exact) mass is 194 g/mol. The molecule has 0 heterocycles. The Hall–Kier alpha value is -1.22. The first-order chi connectivity index (χ1) is 6.59. The van der Waals surface area contributed by atoms with Gasteiger partial charge in [-0.3, -0.25) is 0 Å². The largest absolute Gasteiger partial charge is 0.490 e. The van der Waals surface area contributed by atoms with Crippen LogP contribution in [-0.2, 0) is 0 Å². The van der Waals surface area contributed by atoms with Crippen molar-refractivity contribution in [2.75, 3.05) is 33.0 Å². The van der Waals surface area contributed by atoms with Gasteiger partial charge in [0.05, 0.1) is 5.69 Å². The number of anilines is 1. The summed E-state index contributed by atoms with van der Waals surface area (Å²) in [6, 6.07) is 5.84. The molecule has 0 aliphatic rings. The highest BCUT2D eigenvalue weighted by molar-refractivity contribution is 5.53. The Balaban J connectivity index is 2.51. The summed E-state index contributed by atoms with van der Waals surface area (Å²) in [7, 11) is 4.03. The van der Waals surface area contributed by atoms with Gasteiger partial charge in [-0.05, 0) is 38.7 Å². The Kier molecular flexibility index (Phi) is 3.77. The van der Waals surface area contributed by atoms with Gasteiger partial charge in [0.1, 0.15) is 12.4 Å². The highest BCUT2D eigenvalue weighted by atomic mass is 16.5. The fourth-order valence-electron chi connectivity index (χ4n) is 1.14. The van der Waals surface area contributed by atoms with Crippen molar-refractivity contribution in [3.05, 3.63) is 23.8 Å². The lowest BCUT2D eigenvalue weighted by Gasteiger charge is -2.12. The molecule has 0 aliphatic heterocycles. The molecule has 0 saturated heterocycles. The van der Waals surface area contributed by atoms with Crippen LogP contribution in [0.1, 0.15) is 5.56 Å². The summed E-state index contributed by atoms with van der Waals surface area (Å²) < 4.78 is 5.54. The predicted octanol–water partition coefficient (Wildman–Crippen LogP) is 1.52. The molecule has 0 atom stereocenters. The molecule has 0 radical (unpaired) electrons. The summed E-state index contributed by atoms with van der Waals surface area (Å²) in [4.78, 5) is 2.07. The highest BCUT2D eigenvalue weighted by Crippen LogP contribution is 2.21. The van der Waals surface area contributed by atoms with E-state index >= 15 is 0 Å². The fraction of sp³-hybridized carbons (Fsp3) is 0.455. The Bertz CT molecular complexity index is 297. The minimum Gasteiger partial charge on any atom is -0.490 e. The van der Waals surface area contributed by atoms with Crippen LogP contribution >= 0.6 is 0 Å². The van der Waals surface area contributed by atoms with Gasteiger partial charge >= 0.3 is 0 Å². The first-order valence-electron chi connectivity index (χ1n) is 4.73. The summed E-state index contributed by atoms with van der Waals surface area (Å²) >= 11 is 0. The smallest absolute Gasteiger partial charge is 0.142 e. The standard InChI is InChI=1S/C11H18N2O/c1-9-4-5-11(10(12)8-9)14-7-6-13(2)3/h4-5,8H,6-7,12H2,1-3H3. The number of hydrogen-bond acceptors (Lipinski definition) is 3. The maximum absolute atomic E-state index is 5.80. The zero-order chi connectivity index (χ0) is 10.6. The summed E-state index contributed by atoms with van der Waals surface area (Å²) in [6.45, 7) is 3.58. The Morgan fingerprint density at radius 1 is 1.36 bits per heavy atom. The summed E-state index contributed by atoms with van der Waals surface area (Å²) in [5.74, 6) is 0.775. The molecular formula is C11H18N2O. The van der Waals surface area contributed by atoms with Crippen LogP contribution in [0.15, 0.2) is 18.2 Å². The van der Waals surface area contributed by atoms with Crippen molar-refractivity contribution in [2.24, 2.45) is 0 Å². The van der Waals surface area contributed by atoms with Crippen LogP contribution in [0.25, 0.3) is 0 Å². The number of ether oxygens (including phenoxy) is 1. The topological polar surface area (TPSA) is 38.5 Å². The van der Waals surface area contributed by atoms with E-state index in [4.69, 9.17) is 10.5 Å². The molecule has 3 heteroatoms. The van der Waals surface area contributed by atoms with E-state index in [-0.39, 0.29) is 0 Å². The van der Waals surface area contributed by atoms with Crippen molar-refractivity contribution in [3.63, 3.8) is 0 Å². The Morgan fingerprint density at radius 3 is 2.64 bits per heavy atom. The molecule has 1 aromatic rings. The summed E-state index contributed by atoms with van der Waals surface area (Å²) in [5.41, 5.74) is 7.67. The Morgan fingerprint density at radius 2 is 2.07 bits per heavy atom. The number of nitrogens with two attached hydrogens (primary N) is 1. The van der Waals surface area contributed by atoms with Crippen LogP contribution in [0, 0.1) is 6.92 Å². The quantitative estimate of drug-likeness (QED) is 0.738. The van der Waals surface area contributed by atoms with Crippen LogP contribution in [0.3, 0.4) is 0 Å². The van der Waals surface area contributed by atoms with E-state index in [0.717, 1.165) is 17.9 Å². The molecule has 0 aromatic heterocycles. The van der Waals surface area contributed by atoms with Crippen molar-refractivity contribution in [1.29, 1.82) is 0 Å². The van der Waals surface area contributed by atoms with Crippen LogP contribution in [0.2, 0.25) is 0 Å². The molecule has 0 saturated carbocycles. The van der Waals surface area contributed by atoms with E-state index in [9.17, 15) is 0 Å². The van der Waals surface area contributed by atoms with Gasteiger partial charge in [0, 0.05) is 6.54 Å². The zero-order valence-electron chi connectivity index (χ0n) is 9.08. The van der Waals surface area contributed by atoms with Crippen molar-refractivity contribution in [1.82, 2.24) is 4.90 Å². The van der Waals surface area contributed by atoms with Crippen LogP contribution in [0.4, 0.5) is 5.69 Å². The lowest BCUT2D eigenvalue weighted by Crippen LogP contribution is -2.19. The molecule has 14 heavy (non-hydrogen) atoms. The van der Waals surface area contributed by atoms with Crippen molar-refractivity contribution in [3.8, 4) is 5.75 Å². The van der Waals surface area contributed by atoms with Gasteiger partial charge in [-0.1, -0.05) is 6.07 Å². The van der Waals surface area contributed by atoms with Gasteiger partial charge in [0.15, 0.2) is 0 Å². The third-order valence-electron chi connectivity index (χ3n) is 1.96. The average Bonchev–Trinajstić information content (AvgIpc) is 2.08. The molecule has 0 fully saturated rings. The summed E-state index contributed by atoms with van der Waals surface area (Å²) in [6.07, 6.45) is 0. The minimum atomic E-state index is 0.667. The molecular weight excluding hydrogens is 176 g/mol. The molecule has 0 bridgehead atoms. The van der Waals surface area contributed by atoms with Crippen molar-refractivity contribution < 1.29 is 4.74 Å². The molecule has 0 aliphatic carbocycles. The number of nitrogen functional groups attached to an aromatic ring is 1. The first-order valence-corrected chi connectivity index (χ1v) is 4.73. The Labute approximate surface area is 85.5 Å². The number of nitrogens with zero attached hydrogens (tertiary/aromatic N) is 1. The molecule has 0 amide bonds. The molecule has 1 aromatic carbocycles. The zero-order valence-corrected chi connectivity index (χ0v) is 9.08. The van der Waals surface area contributed by atoms with Crippen LogP contribution in [0.5, 0.6) is 5.75 Å². The third-order valence-corrected chi connectivity index (χ3v) is 1.96. The lowest BCUT2D eigenvalue weighted by molar-refractivity contribution is 0.262. The third kappa shape index (κ3) is 3.26. The van der Waals surface area contributed by atoms with Crippen molar-refractivity contribution in [2.45, 2.75) is 6.92 Å². The van der Waals surface area contributed by atoms with E-state index in [1.807, 2.05) is 39.2 Å². The number of benzene rings is 1. The molecule has 1 rings (SSSR count). The SMILES string of the molecule is Cc1ccc(OCCN(C)C)c(N)c1. The van der Waals surface area contributed by atoms with Crippen molar-refractivity contribution >= 4 is 5.69 Å². The molecule has 0 spiro atoms. The first kappa shape index (κ1) is 10.9. The van der Waals surface area contributed by atoms with Gasteiger partial charge in [-0.2, -0.15) is 0 Å². The van der Waals surface area contributed by atoms with E-state index in [2.05, 4.69) is 4.90 Å². The maximum atomic E-state index is 5.80. The second kappa shape index (κ2) is 4.86. The van der Waals surface area contributed by atoms with E-state index in [1.54, 1.807) is 0 Å². The fourth-order valence-corrected chi connectivity index (χ4v) is 1.14. The van der Waals surface area contributed by atoms with Gasteiger partial charge in [-0.25, -0.2) is 0 Å². The van der Waals surface area contributed by atoms with Crippen LogP contribution in [-0.4, -0.2) is 32.1 Å². The maximum Gasteiger partial charge on any atom is 0.142 e. The predicted molar refractivity (Wildman–Crippen MR) is 59.6 cm³/mol. The second-order valence-corrected chi connectivity index (χ2v) is 3.69. The number of rotatable bonds is 4. The van der Waals surface area contributed by atoms with Gasteiger partial charge < -0.3 is 15.4 Å². The molecule has 3 nitrogen and oxygen atoms in total. The normalized spacial score (nSPS) is 10.6. The molecule has 0 unspecified atom stereocenters. The number of hydrogen-bond donors (Lipinski definition) is 1. The highest BCUT2D eigenvalue weighted by Gasteiger charge is 1.99. The number of aryl methyl sites for hydroxylation is 1. The summed E-state index contributed by atoms with van der Waals surface area (Å²) in [5, 5.41) is 0. The molecule has 2 N–H and O–H groups in total. The minimum absolute atomic E-state index is 0.667. The molecule has 78 valence electrons. The van der Waals surface area contributed by atoms with Gasteiger partial charge in [0.2, 0.25) is 0 Å². The van der Waals surface area contributed by atoms with Gasteiger partial charge in [0.25, 0.3) is 0 Å². The van der Waals surface area contributed by atoms with E-state index < -0.39 is 0 Å². The van der Waals surface area contributed by atoms with E-state index in [1.165, 1.54) is 0 Å². The van der Waals surface area contributed by atoms with E-state index in [0.29, 0.717) is 12.3 Å². The lowest BCUT2D eigenvalue weighted by atomic mass is 10.2.